The Hall–Kier alpha value is -2.20. The predicted molar refractivity (Wildman–Crippen MR) is 121 cm³/mol. The van der Waals surface area contributed by atoms with Gasteiger partial charge in [0, 0.05) is 20.7 Å². The number of thioether (sulfide) groups is 1. The van der Waals surface area contributed by atoms with Crippen LogP contribution < -0.4 is 4.74 Å². The van der Waals surface area contributed by atoms with E-state index >= 15 is 0 Å². The van der Waals surface area contributed by atoms with Gasteiger partial charge in [-0.15, -0.1) is 11.8 Å². The summed E-state index contributed by atoms with van der Waals surface area (Å²) in [6, 6.07) is 13.6. The van der Waals surface area contributed by atoms with E-state index < -0.39 is 12.1 Å². The highest BCUT2D eigenvalue weighted by atomic mass is 79.9. The number of hydrogen-bond acceptors (Lipinski definition) is 4. The Labute approximate surface area is 184 Å². The van der Waals surface area contributed by atoms with Crippen LogP contribution in [-0.2, 0) is 4.79 Å². The van der Waals surface area contributed by atoms with E-state index in [4.69, 9.17) is 14.9 Å². The van der Waals surface area contributed by atoms with Crippen molar-refractivity contribution in [1.82, 2.24) is 0 Å². The van der Waals surface area contributed by atoms with Gasteiger partial charge in [0.25, 0.3) is 0 Å². The molecule has 1 atom stereocenters. The molecule has 0 heterocycles. The van der Waals surface area contributed by atoms with Crippen molar-refractivity contribution in [3.8, 4) is 17.6 Å². The number of aliphatic hydroxyl groups excluding tert-OH is 1. The second kappa shape index (κ2) is 11.7. The molecule has 2 aromatic carbocycles. The van der Waals surface area contributed by atoms with Crippen molar-refractivity contribution in [2.75, 3.05) is 12.4 Å². The normalized spacial score (nSPS) is 12.1. The van der Waals surface area contributed by atoms with Crippen LogP contribution in [0.4, 0.5) is 0 Å². The summed E-state index contributed by atoms with van der Waals surface area (Å²) in [6.07, 6.45) is 1.60. The molecular formula is C23H23BrO4S. The maximum atomic E-state index is 11.2. The number of ether oxygens (including phenoxy) is 1. The lowest BCUT2D eigenvalue weighted by atomic mass is 10.1. The maximum Gasteiger partial charge on any atom is 0.344 e. The van der Waals surface area contributed by atoms with Gasteiger partial charge in [-0.2, -0.15) is 0 Å². The van der Waals surface area contributed by atoms with Gasteiger partial charge in [-0.05, 0) is 54.8 Å². The molecule has 2 aromatic rings. The third kappa shape index (κ3) is 7.28. The van der Waals surface area contributed by atoms with E-state index in [9.17, 15) is 4.79 Å². The molecule has 0 saturated heterocycles. The van der Waals surface area contributed by atoms with Crippen LogP contribution in [0.15, 0.2) is 57.9 Å². The average Bonchev–Trinajstić information content (AvgIpc) is 2.70. The van der Waals surface area contributed by atoms with Crippen LogP contribution in [0.5, 0.6) is 5.75 Å². The third-order valence-corrected chi connectivity index (χ3v) is 5.51. The number of aliphatic carboxylic acids is 1. The molecule has 4 nitrogen and oxygen atoms in total. The number of rotatable bonds is 8. The number of carbonyl (C=O) groups is 1. The summed E-state index contributed by atoms with van der Waals surface area (Å²) in [5, 5.41) is 18.2. The SMILES string of the molecule is CCC(Oc1ccc(SC/C=C(\C#CCO)c2ccc(Br)cc2)cc1C)C(=O)O. The van der Waals surface area contributed by atoms with E-state index in [1.54, 1.807) is 18.7 Å². The minimum atomic E-state index is -0.958. The highest BCUT2D eigenvalue weighted by Gasteiger charge is 2.17. The molecule has 152 valence electrons. The average molecular weight is 475 g/mol. The number of halogens is 1. The minimum absolute atomic E-state index is 0.184. The first-order valence-electron chi connectivity index (χ1n) is 9.13. The first-order valence-corrected chi connectivity index (χ1v) is 10.9. The standard InChI is InChI=1S/C23H23BrO4S/c1-3-21(23(26)27)28-22-11-10-20(15-16(22)2)29-14-12-17(5-4-13-25)18-6-8-19(24)9-7-18/h6-12,15,21,25H,3,13-14H2,1-2H3,(H,26,27)/b17-12+. The number of carboxylic acid groups (broad SMARTS) is 1. The van der Waals surface area contributed by atoms with Crippen LogP contribution in [0.1, 0.15) is 24.5 Å². The topological polar surface area (TPSA) is 66.8 Å². The Morgan fingerprint density at radius 3 is 2.59 bits per heavy atom. The Kier molecular flexibility index (Phi) is 9.33. The van der Waals surface area contributed by atoms with E-state index in [1.165, 1.54) is 0 Å². The molecule has 0 aliphatic carbocycles. The number of aliphatic hydroxyl groups is 1. The van der Waals surface area contributed by atoms with E-state index in [0.29, 0.717) is 17.9 Å². The zero-order valence-corrected chi connectivity index (χ0v) is 18.7. The van der Waals surface area contributed by atoms with Gasteiger partial charge in [0.2, 0.25) is 0 Å². The van der Waals surface area contributed by atoms with Crippen LogP contribution in [0.2, 0.25) is 0 Å². The molecule has 0 bridgehead atoms. The lowest BCUT2D eigenvalue weighted by molar-refractivity contribution is -0.145. The molecule has 0 aromatic heterocycles. The molecule has 0 fully saturated rings. The van der Waals surface area contributed by atoms with Gasteiger partial charge in [0.05, 0.1) is 0 Å². The van der Waals surface area contributed by atoms with E-state index in [1.807, 2.05) is 55.5 Å². The van der Waals surface area contributed by atoms with Gasteiger partial charge in [-0.3, -0.25) is 0 Å². The number of allylic oxidation sites excluding steroid dienone is 1. The van der Waals surface area contributed by atoms with Gasteiger partial charge in [0.1, 0.15) is 12.4 Å². The predicted octanol–water partition coefficient (Wildman–Crippen LogP) is 5.17. The van der Waals surface area contributed by atoms with Crippen molar-refractivity contribution in [1.29, 1.82) is 0 Å². The molecule has 6 heteroatoms. The van der Waals surface area contributed by atoms with Crippen LogP contribution in [-0.4, -0.2) is 34.6 Å². The molecule has 0 radical (unpaired) electrons. The highest BCUT2D eigenvalue weighted by Crippen LogP contribution is 2.27. The van der Waals surface area contributed by atoms with Crippen molar-refractivity contribution in [2.45, 2.75) is 31.3 Å². The Morgan fingerprint density at radius 2 is 2.00 bits per heavy atom. The molecule has 0 aliphatic rings. The zero-order chi connectivity index (χ0) is 21.2. The summed E-state index contributed by atoms with van der Waals surface area (Å²) in [6.45, 7) is 3.51. The summed E-state index contributed by atoms with van der Waals surface area (Å²) in [7, 11) is 0. The van der Waals surface area contributed by atoms with Gasteiger partial charge in [0.15, 0.2) is 6.10 Å². The smallest absolute Gasteiger partial charge is 0.344 e. The number of aryl methyl sites for hydroxylation is 1. The molecule has 0 saturated carbocycles. The molecule has 29 heavy (non-hydrogen) atoms. The fraction of sp³-hybridized carbons (Fsp3) is 0.261. The lowest BCUT2D eigenvalue weighted by Crippen LogP contribution is -2.26. The highest BCUT2D eigenvalue weighted by molar-refractivity contribution is 9.10. The second-order valence-corrected chi connectivity index (χ2v) is 8.18. The van der Waals surface area contributed by atoms with Crippen LogP contribution in [0, 0.1) is 18.8 Å². The molecule has 0 spiro atoms. The summed E-state index contributed by atoms with van der Waals surface area (Å²) in [5.74, 6) is 6.05. The van der Waals surface area contributed by atoms with Crippen molar-refractivity contribution >= 4 is 39.2 Å². The number of carboxylic acids is 1. The minimum Gasteiger partial charge on any atom is -0.479 e. The molecule has 0 amide bonds. The molecular weight excluding hydrogens is 452 g/mol. The molecule has 2 rings (SSSR count). The zero-order valence-electron chi connectivity index (χ0n) is 16.3. The fourth-order valence-corrected chi connectivity index (χ4v) is 3.66. The molecule has 2 N–H and O–H groups in total. The Balaban J connectivity index is 2.09. The van der Waals surface area contributed by atoms with E-state index in [-0.39, 0.29) is 6.61 Å². The summed E-state index contributed by atoms with van der Waals surface area (Å²) in [5.41, 5.74) is 2.75. The molecule has 1 unspecified atom stereocenters. The van der Waals surface area contributed by atoms with Gasteiger partial charge >= 0.3 is 5.97 Å². The van der Waals surface area contributed by atoms with Crippen LogP contribution in [0.3, 0.4) is 0 Å². The Bertz CT molecular complexity index is 926. The first-order chi connectivity index (χ1) is 13.9. The van der Waals surface area contributed by atoms with Gasteiger partial charge < -0.3 is 14.9 Å². The van der Waals surface area contributed by atoms with Crippen molar-refractivity contribution in [3.05, 3.63) is 64.1 Å². The van der Waals surface area contributed by atoms with Gasteiger partial charge in [-0.1, -0.05) is 52.9 Å². The van der Waals surface area contributed by atoms with E-state index in [0.717, 1.165) is 26.1 Å². The first kappa shape index (κ1) is 23.1. The quantitative estimate of drug-likeness (QED) is 0.407. The fourth-order valence-electron chi connectivity index (χ4n) is 2.53. The van der Waals surface area contributed by atoms with Crippen molar-refractivity contribution < 1.29 is 19.7 Å². The third-order valence-electron chi connectivity index (χ3n) is 4.06. The summed E-state index contributed by atoms with van der Waals surface area (Å²) < 4.78 is 6.60. The second-order valence-electron chi connectivity index (χ2n) is 6.18. The Morgan fingerprint density at radius 1 is 1.28 bits per heavy atom. The maximum absolute atomic E-state index is 11.2. The lowest BCUT2D eigenvalue weighted by Gasteiger charge is -2.15. The van der Waals surface area contributed by atoms with Crippen molar-refractivity contribution in [2.24, 2.45) is 0 Å². The summed E-state index contributed by atoms with van der Waals surface area (Å²) >= 11 is 5.07. The van der Waals surface area contributed by atoms with Crippen LogP contribution in [0.25, 0.3) is 5.57 Å². The largest absolute Gasteiger partial charge is 0.479 e. The number of hydrogen-bond donors (Lipinski definition) is 2. The van der Waals surface area contributed by atoms with Gasteiger partial charge in [-0.25, -0.2) is 4.79 Å². The summed E-state index contributed by atoms with van der Waals surface area (Å²) in [4.78, 5) is 12.2. The van der Waals surface area contributed by atoms with Crippen molar-refractivity contribution in [3.63, 3.8) is 0 Å². The van der Waals surface area contributed by atoms with E-state index in [2.05, 4.69) is 27.8 Å². The monoisotopic (exact) mass is 474 g/mol. The number of benzene rings is 2. The molecule has 0 aliphatic heterocycles. The van der Waals surface area contributed by atoms with Crippen LogP contribution >= 0.6 is 27.7 Å².